The average molecular weight is 430 g/mol. The van der Waals surface area contributed by atoms with E-state index < -0.39 is 12.1 Å². The van der Waals surface area contributed by atoms with Gasteiger partial charge in [-0.3, -0.25) is 14.5 Å². The van der Waals surface area contributed by atoms with Gasteiger partial charge in [-0.25, -0.2) is 9.52 Å². The Morgan fingerprint density at radius 1 is 1.13 bits per heavy atom. The molecule has 1 unspecified atom stereocenters. The Hall–Kier alpha value is -2.52. The summed E-state index contributed by atoms with van der Waals surface area (Å²) in [6, 6.07) is 7.24. The molecule has 0 spiro atoms. The van der Waals surface area contributed by atoms with Crippen LogP contribution in [0.15, 0.2) is 34.9 Å². The number of nitrogens with one attached hydrogen (secondary N) is 2. The number of carbonyl (C=O) groups is 3. The van der Waals surface area contributed by atoms with E-state index in [-0.39, 0.29) is 17.7 Å². The summed E-state index contributed by atoms with van der Waals surface area (Å²) in [5.74, 6) is -0.272. The van der Waals surface area contributed by atoms with Gasteiger partial charge in [-0.15, -0.1) is 0 Å². The van der Waals surface area contributed by atoms with Crippen LogP contribution in [0.3, 0.4) is 0 Å². The highest BCUT2D eigenvalue weighted by Crippen LogP contribution is 2.32. The molecule has 1 aromatic rings. The molecule has 2 N–H and O–H groups in total. The molecule has 1 aromatic carbocycles. The third-order valence-corrected chi connectivity index (χ3v) is 6.47. The monoisotopic (exact) mass is 429 g/mol. The van der Waals surface area contributed by atoms with Crippen molar-refractivity contribution in [1.82, 2.24) is 19.8 Å². The number of rotatable bonds is 4. The number of carbonyl (C=O) groups excluding carboxylic acids is 3. The third-order valence-electron chi connectivity index (χ3n) is 5.52. The van der Waals surface area contributed by atoms with Gasteiger partial charge in [0.15, 0.2) is 0 Å². The van der Waals surface area contributed by atoms with E-state index in [1.807, 2.05) is 13.8 Å². The number of amides is 4. The number of hydrogen-bond donors (Lipinski definition) is 2. The first kappa shape index (κ1) is 20.7. The normalized spacial score (nSPS) is 22.0. The maximum atomic E-state index is 13.1. The van der Waals surface area contributed by atoms with E-state index in [1.165, 1.54) is 10.5 Å². The van der Waals surface area contributed by atoms with Crippen molar-refractivity contribution in [3.63, 3.8) is 0 Å². The fraction of sp³-hybridized carbons (Fsp3) is 0.476. The summed E-state index contributed by atoms with van der Waals surface area (Å²) in [6.07, 6.45) is 0. The van der Waals surface area contributed by atoms with Crippen LogP contribution in [0.5, 0.6) is 0 Å². The smallest absolute Gasteiger partial charge is 0.328 e. The van der Waals surface area contributed by atoms with E-state index in [2.05, 4.69) is 46.1 Å². The second-order valence-electron chi connectivity index (χ2n) is 8.28. The predicted molar refractivity (Wildman–Crippen MR) is 117 cm³/mol. The summed E-state index contributed by atoms with van der Waals surface area (Å²) < 4.78 is 3.02. The van der Waals surface area contributed by atoms with Gasteiger partial charge in [-0.2, -0.15) is 0 Å². The summed E-state index contributed by atoms with van der Waals surface area (Å²) in [5.41, 5.74) is 2.76. The SMILES string of the molecule is Cc1ccc(N2CCN(C(=O)C3=C4NC(=O)N(CC(C)C)C(=O)C4NS3)CC2)cc1. The standard InChI is InChI=1S/C21H27N5O3S/c1-13(2)12-26-19(27)17-16(22-21(26)29)18(30-23-17)20(28)25-10-8-24(9-11-25)15-6-4-14(3)5-7-15/h4-7,13,17,23H,8-12H2,1-3H3,(H,22,29). The molecule has 0 aliphatic carbocycles. The lowest BCUT2D eigenvalue weighted by Gasteiger charge is -2.36. The molecule has 4 amide bonds. The van der Waals surface area contributed by atoms with Crippen LogP contribution in [0.1, 0.15) is 19.4 Å². The molecule has 8 nitrogen and oxygen atoms in total. The van der Waals surface area contributed by atoms with Crippen LogP contribution >= 0.6 is 11.9 Å². The molecule has 3 aliphatic heterocycles. The van der Waals surface area contributed by atoms with Gasteiger partial charge in [-0.1, -0.05) is 31.5 Å². The summed E-state index contributed by atoms with van der Waals surface area (Å²) >= 11 is 1.14. The van der Waals surface area contributed by atoms with Crippen molar-refractivity contribution in [3.05, 3.63) is 40.4 Å². The molecule has 0 aromatic heterocycles. The van der Waals surface area contributed by atoms with E-state index >= 15 is 0 Å². The van der Waals surface area contributed by atoms with Crippen molar-refractivity contribution in [2.75, 3.05) is 37.6 Å². The molecule has 30 heavy (non-hydrogen) atoms. The van der Waals surface area contributed by atoms with Crippen molar-refractivity contribution in [2.24, 2.45) is 5.92 Å². The van der Waals surface area contributed by atoms with Gasteiger partial charge < -0.3 is 15.1 Å². The van der Waals surface area contributed by atoms with Crippen molar-refractivity contribution in [2.45, 2.75) is 26.8 Å². The van der Waals surface area contributed by atoms with Crippen LogP contribution in [0.25, 0.3) is 0 Å². The Balaban J connectivity index is 1.44. The Labute approximate surface area is 180 Å². The molecule has 3 aliphatic rings. The zero-order valence-corrected chi connectivity index (χ0v) is 18.3. The van der Waals surface area contributed by atoms with Crippen molar-refractivity contribution >= 4 is 35.5 Å². The van der Waals surface area contributed by atoms with Crippen LogP contribution < -0.4 is 14.9 Å². The van der Waals surface area contributed by atoms with Gasteiger partial charge in [0.1, 0.15) is 10.9 Å². The number of nitrogens with zero attached hydrogens (tertiary/aromatic N) is 3. The Bertz CT molecular complexity index is 890. The van der Waals surface area contributed by atoms with Gasteiger partial charge in [0, 0.05) is 38.4 Å². The number of urea groups is 1. The summed E-state index contributed by atoms with van der Waals surface area (Å²) in [6.45, 7) is 8.99. The lowest BCUT2D eigenvalue weighted by molar-refractivity contribution is -0.130. The quantitative estimate of drug-likeness (QED) is 0.709. The van der Waals surface area contributed by atoms with E-state index in [0.29, 0.717) is 30.2 Å². The molecule has 2 fully saturated rings. The van der Waals surface area contributed by atoms with Gasteiger partial charge in [-0.05, 0) is 36.9 Å². The topological polar surface area (TPSA) is 85.0 Å². The minimum absolute atomic E-state index is 0.140. The second-order valence-corrected chi connectivity index (χ2v) is 9.13. The van der Waals surface area contributed by atoms with Gasteiger partial charge in [0.05, 0.1) is 5.70 Å². The summed E-state index contributed by atoms with van der Waals surface area (Å²) in [5, 5.41) is 2.78. The molecule has 0 bridgehead atoms. The largest absolute Gasteiger partial charge is 0.368 e. The fourth-order valence-electron chi connectivity index (χ4n) is 3.87. The first-order valence-corrected chi connectivity index (χ1v) is 11.1. The third kappa shape index (κ3) is 3.91. The fourth-order valence-corrected chi connectivity index (χ4v) is 4.82. The number of piperazine rings is 1. The minimum Gasteiger partial charge on any atom is -0.368 e. The highest BCUT2D eigenvalue weighted by atomic mass is 32.2. The zero-order chi connectivity index (χ0) is 21.4. The van der Waals surface area contributed by atoms with Gasteiger partial charge >= 0.3 is 6.03 Å². The van der Waals surface area contributed by atoms with Crippen molar-refractivity contribution in [1.29, 1.82) is 0 Å². The van der Waals surface area contributed by atoms with Crippen molar-refractivity contribution < 1.29 is 14.4 Å². The molecule has 4 rings (SSSR count). The van der Waals surface area contributed by atoms with Crippen LogP contribution in [0, 0.1) is 12.8 Å². The first-order valence-electron chi connectivity index (χ1n) is 10.2. The zero-order valence-electron chi connectivity index (χ0n) is 17.5. The molecule has 2 saturated heterocycles. The molecular formula is C21H27N5O3S. The molecule has 160 valence electrons. The Kier molecular flexibility index (Phi) is 5.75. The van der Waals surface area contributed by atoms with E-state index in [9.17, 15) is 14.4 Å². The number of hydrogen-bond acceptors (Lipinski definition) is 6. The maximum absolute atomic E-state index is 13.1. The van der Waals surface area contributed by atoms with E-state index in [1.54, 1.807) is 4.90 Å². The maximum Gasteiger partial charge on any atom is 0.328 e. The summed E-state index contributed by atoms with van der Waals surface area (Å²) in [4.78, 5) is 44.0. The van der Waals surface area contributed by atoms with E-state index in [0.717, 1.165) is 30.7 Å². The van der Waals surface area contributed by atoms with Crippen LogP contribution in [-0.2, 0) is 9.59 Å². The number of anilines is 1. The lowest BCUT2D eigenvalue weighted by atomic mass is 10.1. The van der Waals surface area contributed by atoms with E-state index in [4.69, 9.17) is 0 Å². The highest BCUT2D eigenvalue weighted by Gasteiger charge is 2.45. The summed E-state index contributed by atoms with van der Waals surface area (Å²) in [7, 11) is 0. The minimum atomic E-state index is -0.681. The number of imide groups is 1. The molecular weight excluding hydrogens is 402 g/mol. The number of fused-ring (bicyclic) bond motifs is 1. The molecule has 3 heterocycles. The predicted octanol–water partition coefficient (Wildman–Crippen LogP) is 1.68. The van der Waals surface area contributed by atoms with Gasteiger partial charge in [0.2, 0.25) is 0 Å². The van der Waals surface area contributed by atoms with Gasteiger partial charge in [0.25, 0.3) is 11.8 Å². The average Bonchev–Trinajstić information content (AvgIpc) is 3.15. The number of benzene rings is 1. The number of aryl methyl sites for hydroxylation is 1. The van der Waals surface area contributed by atoms with Crippen LogP contribution in [0.4, 0.5) is 10.5 Å². The van der Waals surface area contributed by atoms with Crippen LogP contribution in [-0.4, -0.2) is 66.4 Å². The Morgan fingerprint density at radius 2 is 1.80 bits per heavy atom. The molecule has 1 atom stereocenters. The molecule has 0 radical (unpaired) electrons. The Morgan fingerprint density at radius 3 is 2.43 bits per heavy atom. The second kappa shape index (κ2) is 8.31. The highest BCUT2D eigenvalue weighted by molar-refractivity contribution is 8.02. The lowest BCUT2D eigenvalue weighted by Crippen LogP contribution is -2.58. The van der Waals surface area contributed by atoms with Crippen molar-refractivity contribution in [3.8, 4) is 0 Å². The molecule has 9 heteroatoms. The first-order chi connectivity index (χ1) is 14.3. The molecule has 0 saturated carbocycles. The van der Waals surface area contributed by atoms with Crippen LogP contribution in [0.2, 0.25) is 0 Å².